The van der Waals surface area contributed by atoms with E-state index in [0.717, 1.165) is 28.1 Å². The van der Waals surface area contributed by atoms with Crippen molar-refractivity contribution >= 4 is 5.97 Å². The number of aromatic amines is 1. The molecule has 0 amide bonds. The number of nitrogens with one attached hydrogen (secondary N) is 1. The van der Waals surface area contributed by atoms with Crippen LogP contribution in [0.4, 0.5) is 0 Å². The summed E-state index contributed by atoms with van der Waals surface area (Å²) in [6, 6.07) is 5.67. The summed E-state index contributed by atoms with van der Waals surface area (Å²) in [5, 5.41) is 9.11. The van der Waals surface area contributed by atoms with Crippen LogP contribution in [0.25, 0.3) is 11.3 Å². The van der Waals surface area contributed by atoms with Gasteiger partial charge in [-0.3, -0.25) is 0 Å². The summed E-state index contributed by atoms with van der Waals surface area (Å²) >= 11 is 0. The molecular formula is C15H17NO3. The largest absolute Gasteiger partial charge is 0.496 e. The molecule has 100 valence electrons. The molecule has 4 heteroatoms. The Hall–Kier alpha value is -2.23. The van der Waals surface area contributed by atoms with Gasteiger partial charge in [0.25, 0.3) is 0 Å². The maximum atomic E-state index is 11.1. The zero-order valence-corrected chi connectivity index (χ0v) is 11.5. The number of benzene rings is 1. The second-order valence-corrected chi connectivity index (χ2v) is 4.69. The van der Waals surface area contributed by atoms with Gasteiger partial charge in [0.15, 0.2) is 0 Å². The molecule has 0 spiro atoms. The Bertz CT molecular complexity index is 641. The Morgan fingerprint density at radius 2 is 1.89 bits per heavy atom. The average Bonchev–Trinajstić information content (AvgIpc) is 2.70. The third kappa shape index (κ3) is 2.34. The van der Waals surface area contributed by atoms with Crippen molar-refractivity contribution in [3.8, 4) is 17.0 Å². The number of H-pyrrole nitrogens is 1. The summed E-state index contributed by atoms with van der Waals surface area (Å²) in [6.07, 6.45) is 0. The standard InChI is InChI=1S/C15H17NO3/c1-8-5-9(2)14(19-4)12(6-8)13-7-11(15(17)18)10(3)16-13/h5-7,16H,1-4H3,(H,17,18). The van der Waals surface area contributed by atoms with Crippen molar-refractivity contribution in [1.29, 1.82) is 0 Å². The van der Waals surface area contributed by atoms with E-state index < -0.39 is 5.97 Å². The van der Waals surface area contributed by atoms with E-state index in [4.69, 9.17) is 9.84 Å². The molecule has 19 heavy (non-hydrogen) atoms. The number of carboxylic acids is 1. The third-order valence-electron chi connectivity index (χ3n) is 3.16. The van der Waals surface area contributed by atoms with Gasteiger partial charge in [0, 0.05) is 11.3 Å². The SMILES string of the molecule is COc1c(C)cc(C)cc1-c1cc(C(=O)O)c(C)[nH]1. The predicted molar refractivity (Wildman–Crippen MR) is 74.0 cm³/mol. The monoisotopic (exact) mass is 259 g/mol. The lowest BCUT2D eigenvalue weighted by Gasteiger charge is -2.11. The number of hydrogen-bond donors (Lipinski definition) is 2. The zero-order chi connectivity index (χ0) is 14.2. The number of carboxylic acid groups (broad SMARTS) is 1. The second kappa shape index (κ2) is 4.80. The molecular weight excluding hydrogens is 242 g/mol. The number of carbonyl (C=O) groups is 1. The van der Waals surface area contributed by atoms with Crippen LogP contribution in [0.5, 0.6) is 5.75 Å². The van der Waals surface area contributed by atoms with E-state index in [0.29, 0.717) is 5.69 Å². The second-order valence-electron chi connectivity index (χ2n) is 4.69. The first kappa shape index (κ1) is 13.2. The molecule has 0 saturated heterocycles. The maximum absolute atomic E-state index is 11.1. The van der Waals surface area contributed by atoms with Crippen molar-refractivity contribution in [3.63, 3.8) is 0 Å². The van der Waals surface area contributed by atoms with Gasteiger partial charge < -0.3 is 14.8 Å². The minimum atomic E-state index is -0.927. The fourth-order valence-corrected chi connectivity index (χ4v) is 2.35. The Kier molecular flexibility index (Phi) is 3.34. The van der Waals surface area contributed by atoms with Crippen LogP contribution in [0.3, 0.4) is 0 Å². The first-order valence-corrected chi connectivity index (χ1v) is 6.02. The lowest BCUT2D eigenvalue weighted by Crippen LogP contribution is -1.95. The molecule has 1 aromatic carbocycles. The van der Waals surface area contributed by atoms with Gasteiger partial charge in [0.2, 0.25) is 0 Å². The highest BCUT2D eigenvalue weighted by atomic mass is 16.5. The van der Waals surface area contributed by atoms with Gasteiger partial charge in [0.1, 0.15) is 5.75 Å². The lowest BCUT2D eigenvalue weighted by atomic mass is 10.0. The fourth-order valence-electron chi connectivity index (χ4n) is 2.35. The Morgan fingerprint density at radius 1 is 1.21 bits per heavy atom. The van der Waals surface area contributed by atoms with Crippen molar-refractivity contribution in [2.24, 2.45) is 0 Å². The van der Waals surface area contributed by atoms with E-state index in [2.05, 4.69) is 4.98 Å². The molecule has 0 radical (unpaired) electrons. The van der Waals surface area contributed by atoms with E-state index in [9.17, 15) is 4.79 Å². The van der Waals surface area contributed by atoms with Crippen LogP contribution in [0.15, 0.2) is 18.2 Å². The topological polar surface area (TPSA) is 62.3 Å². The van der Waals surface area contributed by atoms with Crippen LogP contribution >= 0.6 is 0 Å². The smallest absolute Gasteiger partial charge is 0.337 e. The van der Waals surface area contributed by atoms with Crippen molar-refractivity contribution in [2.75, 3.05) is 7.11 Å². The number of hydrogen-bond acceptors (Lipinski definition) is 2. The van der Waals surface area contributed by atoms with Crippen LogP contribution in [0.1, 0.15) is 27.2 Å². The van der Waals surface area contributed by atoms with Crippen molar-refractivity contribution < 1.29 is 14.6 Å². The van der Waals surface area contributed by atoms with Gasteiger partial charge >= 0.3 is 5.97 Å². The molecule has 1 heterocycles. The lowest BCUT2D eigenvalue weighted by molar-refractivity contribution is 0.0696. The van der Waals surface area contributed by atoms with Gasteiger partial charge in [-0.15, -0.1) is 0 Å². The van der Waals surface area contributed by atoms with Crippen LogP contribution in [-0.4, -0.2) is 23.2 Å². The molecule has 2 N–H and O–H groups in total. The minimum Gasteiger partial charge on any atom is -0.496 e. The van der Waals surface area contributed by atoms with E-state index >= 15 is 0 Å². The van der Waals surface area contributed by atoms with E-state index in [1.54, 1.807) is 20.1 Å². The molecule has 0 atom stereocenters. The van der Waals surface area contributed by atoms with Gasteiger partial charge in [-0.05, 0) is 44.0 Å². The van der Waals surface area contributed by atoms with Gasteiger partial charge in [-0.2, -0.15) is 0 Å². The van der Waals surface area contributed by atoms with E-state index in [1.807, 2.05) is 26.0 Å². The molecule has 0 aliphatic carbocycles. The number of aromatic carboxylic acids is 1. The molecule has 0 unspecified atom stereocenters. The summed E-state index contributed by atoms with van der Waals surface area (Å²) in [5.41, 5.74) is 4.72. The molecule has 2 aromatic rings. The molecule has 2 rings (SSSR count). The number of aromatic nitrogens is 1. The van der Waals surface area contributed by atoms with Gasteiger partial charge in [-0.25, -0.2) is 4.79 Å². The zero-order valence-electron chi connectivity index (χ0n) is 11.5. The summed E-state index contributed by atoms with van der Waals surface area (Å²) in [4.78, 5) is 14.2. The summed E-state index contributed by atoms with van der Waals surface area (Å²) in [6.45, 7) is 5.73. The van der Waals surface area contributed by atoms with Crippen LogP contribution in [0, 0.1) is 20.8 Å². The summed E-state index contributed by atoms with van der Waals surface area (Å²) in [5.74, 6) is -0.160. The highest BCUT2D eigenvalue weighted by Crippen LogP contribution is 2.34. The first-order chi connectivity index (χ1) is 8.93. The quantitative estimate of drug-likeness (QED) is 0.888. The molecule has 0 saturated carbocycles. The van der Waals surface area contributed by atoms with Crippen molar-refractivity contribution in [3.05, 3.63) is 40.6 Å². The molecule has 1 aromatic heterocycles. The number of ether oxygens (including phenoxy) is 1. The Morgan fingerprint density at radius 3 is 2.42 bits per heavy atom. The number of methoxy groups -OCH3 is 1. The van der Waals surface area contributed by atoms with Crippen LogP contribution < -0.4 is 4.74 Å². The van der Waals surface area contributed by atoms with Crippen LogP contribution in [0.2, 0.25) is 0 Å². The summed E-state index contributed by atoms with van der Waals surface area (Å²) in [7, 11) is 1.62. The molecule has 0 aliphatic heterocycles. The molecule has 0 fully saturated rings. The first-order valence-electron chi connectivity index (χ1n) is 6.02. The maximum Gasteiger partial charge on any atom is 0.337 e. The van der Waals surface area contributed by atoms with E-state index in [1.165, 1.54) is 0 Å². The minimum absolute atomic E-state index is 0.288. The normalized spacial score (nSPS) is 10.5. The number of aryl methyl sites for hydroxylation is 3. The molecule has 4 nitrogen and oxygen atoms in total. The van der Waals surface area contributed by atoms with Crippen molar-refractivity contribution in [2.45, 2.75) is 20.8 Å². The molecule has 0 aliphatic rings. The summed E-state index contributed by atoms with van der Waals surface area (Å²) < 4.78 is 5.43. The average molecular weight is 259 g/mol. The Labute approximate surface area is 112 Å². The van der Waals surface area contributed by atoms with Crippen molar-refractivity contribution in [1.82, 2.24) is 4.98 Å². The van der Waals surface area contributed by atoms with Gasteiger partial charge in [-0.1, -0.05) is 6.07 Å². The number of rotatable bonds is 3. The molecule has 0 bridgehead atoms. The Balaban J connectivity index is 2.64. The van der Waals surface area contributed by atoms with E-state index in [-0.39, 0.29) is 5.56 Å². The highest BCUT2D eigenvalue weighted by molar-refractivity contribution is 5.91. The third-order valence-corrected chi connectivity index (χ3v) is 3.16. The fraction of sp³-hybridized carbons (Fsp3) is 0.267. The highest BCUT2D eigenvalue weighted by Gasteiger charge is 2.16. The predicted octanol–water partition coefficient (Wildman–Crippen LogP) is 3.31. The van der Waals surface area contributed by atoms with Crippen LogP contribution in [-0.2, 0) is 0 Å². The van der Waals surface area contributed by atoms with Gasteiger partial charge in [0.05, 0.1) is 18.4 Å².